The van der Waals surface area contributed by atoms with Crippen LogP contribution in [-0.2, 0) is 6.54 Å². The highest BCUT2D eigenvalue weighted by atomic mass is 15.3. The summed E-state index contributed by atoms with van der Waals surface area (Å²) in [5.41, 5.74) is 3.71. The van der Waals surface area contributed by atoms with Crippen molar-refractivity contribution in [3.05, 3.63) is 54.5 Å². The number of fused-ring (bicyclic) bond motifs is 2. The molecule has 4 aromatic rings. The zero-order valence-corrected chi connectivity index (χ0v) is 15.0. The SMILES string of the molecule is c1ccc2nc(N3CCCCC3)c(NCc3ccnc4ccnn34)nc2c1. The Morgan fingerprint density at radius 1 is 0.889 bits per heavy atom. The maximum Gasteiger partial charge on any atom is 0.172 e. The Kier molecular flexibility index (Phi) is 4.04. The number of nitrogens with zero attached hydrogens (tertiary/aromatic N) is 6. The van der Waals surface area contributed by atoms with Crippen LogP contribution >= 0.6 is 0 Å². The Hall–Kier alpha value is -3.22. The molecular formula is C20H21N7. The predicted octanol–water partition coefficient (Wildman–Crippen LogP) is 3.27. The minimum absolute atomic E-state index is 0.606. The van der Waals surface area contributed by atoms with Crippen LogP contribution in [0.1, 0.15) is 25.0 Å². The highest BCUT2D eigenvalue weighted by molar-refractivity contribution is 5.80. The number of aromatic nitrogens is 5. The lowest BCUT2D eigenvalue weighted by atomic mass is 10.1. The summed E-state index contributed by atoms with van der Waals surface area (Å²) in [6.45, 7) is 2.66. The summed E-state index contributed by atoms with van der Waals surface area (Å²) in [4.78, 5) is 16.5. The Morgan fingerprint density at radius 2 is 1.70 bits per heavy atom. The van der Waals surface area contributed by atoms with Gasteiger partial charge in [0, 0.05) is 25.4 Å². The van der Waals surface area contributed by atoms with E-state index in [0.29, 0.717) is 6.54 Å². The van der Waals surface area contributed by atoms with Crippen LogP contribution in [0.15, 0.2) is 48.8 Å². The van der Waals surface area contributed by atoms with Crippen LogP contribution in [0.25, 0.3) is 16.7 Å². The van der Waals surface area contributed by atoms with Crippen molar-refractivity contribution in [1.82, 2.24) is 24.6 Å². The summed E-state index contributed by atoms with van der Waals surface area (Å²) in [5.74, 6) is 1.77. The number of para-hydroxylation sites is 2. The largest absolute Gasteiger partial charge is 0.361 e. The maximum absolute atomic E-state index is 4.93. The molecule has 7 nitrogen and oxygen atoms in total. The van der Waals surface area contributed by atoms with Crippen LogP contribution in [0.3, 0.4) is 0 Å². The van der Waals surface area contributed by atoms with E-state index in [0.717, 1.165) is 47.1 Å². The molecule has 1 aliphatic heterocycles. The van der Waals surface area contributed by atoms with E-state index in [-0.39, 0.29) is 0 Å². The normalized spacial score (nSPS) is 14.7. The molecule has 0 atom stereocenters. The highest BCUT2D eigenvalue weighted by Gasteiger charge is 2.18. The zero-order chi connectivity index (χ0) is 18.1. The number of hydrogen-bond acceptors (Lipinski definition) is 6. The van der Waals surface area contributed by atoms with Gasteiger partial charge in [-0.2, -0.15) is 5.10 Å². The number of piperidine rings is 1. The molecule has 136 valence electrons. The smallest absolute Gasteiger partial charge is 0.172 e. The average molecular weight is 359 g/mol. The quantitative estimate of drug-likeness (QED) is 0.603. The second kappa shape index (κ2) is 6.83. The van der Waals surface area contributed by atoms with Crippen molar-refractivity contribution in [2.75, 3.05) is 23.3 Å². The number of benzene rings is 1. The molecule has 0 saturated carbocycles. The van der Waals surface area contributed by atoms with E-state index < -0.39 is 0 Å². The number of hydrogen-bond donors (Lipinski definition) is 1. The molecule has 0 unspecified atom stereocenters. The molecule has 1 saturated heterocycles. The van der Waals surface area contributed by atoms with E-state index in [1.807, 2.05) is 47.1 Å². The van der Waals surface area contributed by atoms with Gasteiger partial charge in [-0.25, -0.2) is 19.5 Å². The molecular weight excluding hydrogens is 338 g/mol. The van der Waals surface area contributed by atoms with Gasteiger partial charge in [0.1, 0.15) is 0 Å². The molecule has 7 heteroatoms. The van der Waals surface area contributed by atoms with E-state index in [2.05, 4.69) is 20.3 Å². The Balaban J connectivity index is 1.51. The van der Waals surface area contributed by atoms with Crippen LogP contribution in [0.2, 0.25) is 0 Å². The third-order valence-corrected chi connectivity index (χ3v) is 5.01. The van der Waals surface area contributed by atoms with Gasteiger partial charge in [0.15, 0.2) is 17.3 Å². The molecule has 0 spiro atoms. The predicted molar refractivity (Wildman–Crippen MR) is 106 cm³/mol. The molecule has 1 aromatic carbocycles. The third kappa shape index (κ3) is 3.05. The molecule has 1 N–H and O–H groups in total. The van der Waals surface area contributed by atoms with Gasteiger partial charge in [-0.15, -0.1) is 0 Å². The Bertz CT molecular complexity index is 1080. The van der Waals surface area contributed by atoms with E-state index in [9.17, 15) is 0 Å². The second-order valence-corrected chi connectivity index (χ2v) is 6.82. The molecule has 0 radical (unpaired) electrons. The lowest BCUT2D eigenvalue weighted by molar-refractivity contribution is 0.574. The van der Waals surface area contributed by atoms with Gasteiger partial charge in [0.05, 0.1) is 29.5 Å². The van der Waals surface area contributed by atoms with Crippen molar-refractivity contribution in [3.63, 3.8) is 0 Å². The Morgan fingerprint density at radius 3 is 2.56 bits per heavy atom. The van der Waals surface area contributed by atoms with Crippen LogP contribution in [-0.4, -0.2) is 37.7 Å². The third-order valence-electron chi connectivity index (χ3n) is 5.01. The van der Waals surface area contributed by atoms with Crippen molar-refractivity contribution >= 4 is 28.3 Å². The molecule has 0 amide bonds. The number of anilines is 2. The fourth-order valence-electron chi connectivity index (χ4n) is 3.63. The number of rotatable bonds is 4. The van der Waals surface area contributed by atoms with Gasteiger partial charge in [-0.1, -0.05) is 12.1 Å². The molecule has 1 aliphatic rings. The zero-order valence-electron chi connectivity index (χ0n) is 15.0. The van der Waals surface area contributed by atoms with Crippen LogP contribution in [0.5, 0.6) is 0 Å². The van der Waals surface area contributed by atoms with Gasteiger partial charge >= 0.3 is 0 Å². The second-order valence-electron chi connectivity index (χ2n) is 6.82. The van der Waals surface area contributed by atoms with Crippen LogP contribution in [0, 0.1) is 0 Å². The van der Waals surface area contributed by atoms with Crippen LogP contribution < -0.4 is 10.2 Å². The molecule has 5 rings (SSSR count). The summed E-state index contributed by atoms with van der Waals surface area (Å²) < 4.78 is 1.85. The number of nitrogens with one attached hydrogen (secondary N) is 1. The first-order valence-electron chi connectivity index (χ1n) is 9.42. The van der Waals surface area contributed by atoms with Crippen molar-refractivity contribution in [2.24, 2.45) is 0 Å². The summed E-state index contributed by atoms with van der Waals surface area (Å²) in [7, 11) is 0. The van der Waals surface area contributed by atoms with E-state index in [1.165, 1.54) is 19.3 Å². The minimum atomic E-state index is 0.606. The van der Waals surface area contributed by atoms with Gasteiger partial charge in [-0.3, -0.25) is 0 Å². The van der Waals surface area contributed by atoms with Crippen molar-refractivity contribution in [1.29, 1.82) is 0 Å². The van der Waals surface area contributed by atoms with Crippen molar-refractivity contribution < 1.29 is 0 Å². The van der Waals surface area contributed by atoms with E-state index in [1.54, 1.807) is 6.20 Å². The Labute approximate surface area is 157 Å². The molecule has 0 bridgehead atoms. The average Bonchev–Trinajstić information content (AvgIpc) is 3.22. The first kappa shape index (κ1) is 16.0. The molecule has 27 heavy (non-hydrogen) atoms. The fraction of sp³-hybridized carbons (Fsp3) is 0.300. The van der Waals surface area contributed by atoms with Gasteiger partial charge < -0.3 is 10.2 Å². The summed E-state index contributed by atoms with van der Waals surface area (Å²) in [6.07, 6.45) is 7.26. The first-order chi connectivity index (χ1) is 13.4. The first-order valence-corrected chi connectivity index (χ1v) is 9.42. The summed E-state index contributed by atoms with van der Waals surface area (Å²) in [6, 6.07) is 11.9. The van der Waals surface area contributed by atoms with Crippen molar-refractivity contribution in [3.8, 4) is 0 Å². The molecule has 1 fully saturated rings. The fourth-order valence-corrected chi connectivity index (χ4v) is 3.63. The van der Waals surface area contributed by atoms with Crippen LogP contribution in [0.4, 0.5) is 11.6 Å². The standard InChI is InChI=1S/C20H21N7/c1-4-12-26(13-5-1)20-19(24-16-6-2-3-7-17(16)25-20)22-14-15-8-10-21-18-9-11-23-27(15)18/h2-3,6-11H,1,4-5,12-14H2,(H,22,24). The van der Waals surface area contributed by atoms with E-state index in [4.69, 9.17) is 9.97 Å². The highest BCUT2D eigenvalue weighted by Crippen LogP contribution is 2.27. The van der Waals surface area contributed by atoms with Gasteiger partial charge in [0.2, 0.25) is 0 Å². The topological polar surface area (TPSA) is 71.2 Å². The maximum atomic E-state index is 4.93. The van der Waals surface area contributed by atoms with E-state index >= 15 is 0 Å². The molecule has 3 aromatic heterocycles. The monoisotopic (exact) mass is 359 g/mol. The van der Waals surface area contributed by atoms with Gasteiger partial charge in [0.25, 0.3) is 0 Å². The molecule has 4 heterocycles. The molecule has 0 aliphatic carbocycles. The van der Waals surface area contributed by atoms with Crippen molar-refractivity contribution in [2.45, 2.75) is 25.8 Å². The summed E-state index contributed by atoms with van der Waals surface area (Å²) >= 11 is 0. The lowest BCUT2D eigenvalue weighted by Gasteiger charge is -2.29. The lowest BCUT2D eigenvalue weighted by Crippen LogP contribution is -2.31. The van der Waals surface area contributed by atoms with Gasteiger partial charge in [-0.05, 0) is 37.5 Å². The minimum Gasteiger partial charge on any atom is -0.361 e. The summed E-state index contributed by atoms with van der Waals surface area (Å²) in [5, 5.41) is 7.86.